The Kier molecular flexibility index (Phi) is 1.65. The van der Waals surface area contributed by atoms with Gasteiger partial charge in [0.15, 0.2) is 0 Å². The molecule has 0 N–H and O–H groups in total. The van der Waals surface area contributed by atoms with Crippen LogP contribution in [-0.2, 0) is 0 Å². The van der Waals surface area contributed by atoms with Crippen LogP contribution in [0.5, 0.6) is 0 Å². The highest BCUT2D eigenvalue weighted by Gasteiger charge is 2.42. The fourth-order valence-corrected chi connectivity index (χ4v) is 1.41. The fraction of sp³-hybridized carbons (Fsp3) is 0.778. The maximum Gasteiger partial charge on any atom is -0.00947 e. The van der Waals surface area contributed by atoms with E-state index in [4.69, 9.17) is 0 Å². The summed E-state index contributed by atoms with van der Waals surface area (Å²) in [5, 5.41) is 0. The summed E-state index contributed by atoms with van der Waals surface area (Å²) < 4.78 is 0. The summed E-state index contributed by atoms with van der Waals surface area (Å²) in [6, 6.07) is 0. The molecule has 0 atom stereocenters. The largest absolute Gasteiger partial charge is 0.0911 e. The van der Waals surface area contributed by atoms with Gasteiger partial charge in [-0.15, -0.1) is 0 Å². The van der Waals surface area contributed by atoms with Crippen LogP contribution in [0, 0.1) is 11.3 Å². The van der Waals surface area contributed by atoms with Crippen LogP contribution in [-0.4, -0.2) is 0 Å². The Labute approximate surface area is 58.0 Å². The monoisotopic (exact) mass is 124 g/mol. The highest BCUT2D eigenvalue weighted by atomic mass is 14.5. The molecule has 1 aliphatic carbocycles. The molecular weight excluding hydrogens is 108 g/mol. The number of rotatable bonds is 2. The van der Waals surface area contributed by atoms with E-state index in [0.717, 1.165) is 5.92 Å². The molecule has 52 valence electrons. The van der Waals surface area contributed by atoms with Crippen molar-refractivity contribution in [2.75, 3.05) is 0 Å². The molecule has 0 nitrogen and oxygen atoms in total. The number of allylic oxidation sites excluding steroid dienone is 2. The van der Waals surface area contributed by atoms with E-state index >= 15 is 0 Å². The average Bonchev–Trinajstić information content (AvgIpc) is 2.49. The lowest BCUT2D eigenvalue weighted by atomic mass is 9.92. The lowest BCUT2D eigenvalue weighted by molar-refractivity contribution is 0.447. The van der Waals surface area contributed by atoms with Crippen molar-refractivity contribution in [3.63, 3.8) is 0 Å². The van der Waals surface area contributed by atoms with Gasteiger partial charge >= 0.3 is 0 Å². The molecule has 0 heterocycles. The second-order valence-corrected chi connectivity index (χ2v) is 3.39. The minimum Gasteiger partial charge on any atom is -0.0911 e. The van der Waals surface area contributed by atoms with Gasteiger partial charge in [0.1, 0.15) is 0 Å². The molecule has 0 aromatic rings. The summed E-state index contributed by atoms with van der Waals surface area (Å²) in [5.41, 5.74) is 0.620. The minimum absolute atomic E-state index is 0.620. The van der Waals surface area contributed by atoms with E-state index in [1.807, 2.05) is 0 Å². The van der Waals surface area contributed by atoms with E-state index in [9.17, 15) is 0 Å². The van der Waals surface area contributed by atoms with Crippen LogP contribution in [0.25, 0.3) is 0 Å². The van der Waals surface area contributed by atoms with Crippen molar-refractivity contribution in [2.45, 2.75) is 33.6 Å². The Morgan fingerprint density at radius 1 is 1.33 bits per heavy atom. The second kappa shape index (κ2) is 2.17. The van der Waals surface area contributed by atoms with Crippen LogP contribution in [0.3, 0.4) is 0 Å². The van der Waals surface area contributed by atoms with Gasteiger partial charge in [0.2, 0.25) is 0 Å². The van der Waals surface area contributed by atoms with Crippen LogP contribution < -0.4 is 0 Å². The molecule has 0 amide bonds. The molecule has 9 heavy (non-hydrogen) atoms. The van der Waals surface area contributed by atoms with Crippen LogP contribution >= 0.6 is 0 Å². The summed E-state index contributed by atoms with van der Waals surface area (Å²) in [4.78, 5) is 0. The average molecular weight is 124 g/mol. The number of hydrogen-bond acceptors (Lipinski definition) is 0. The Bertz CT molecular complexity index is 116. The van der Waals surface area contributed by atoms with Gasteiger partial charge in [-0.25, -0.2) is 0 Å². The second-order valence-electron chi connectivity index (χ2n) is 3.39. The predicted molar refractivity (Wildman–Crippen MR) is 41.3 cm³/mol. The fourth-order valence-electron chi connectivity index (χ4n) is 1.41. The molecule has 0 spiro atoms. The molecule has 0 heteroatoms. The maximum absolute atomic E-state index is 2.37. The summed E-state index contributed by atoms with van der Waals surface area (Å²) in [6.45, 7) is 6.74. The van der Waals surface area contributed by atoms with Crippen molar-refractivity contribution >= 4 is 0 Å². The SMILES string of the molecule is CC=CC1(C(C)C)CC1. The van der Waals surface area contributed by atoms with Crippen LogP contribution in [0.4, 0.5) is 0 Å². The van der Waals surface area contributed by atoms with E-state index < -0.39 is 0 Å². The standard InChI is InChI=1S/C9H16/c1-4-5-9(6-7-9)8(2)3/h4-5,8H,6-7H2,1-3H3. The van der Waals surface area contributed by atoms with Gasteiger partial charge in [0, 0.05) is 0 Å². The molecule has 1 fully saturated rings. The minimum atomic E-state index is 0.620. The summed E-state index contributed by atoms with van der Waals surface area (Å²) >= 11 is 0. The van der Waals surface area contributed by atoms with Crippen molar-refractivity contribution in [3.05, 3.63) is 12.2 Å². The first-order valence-corrected chi connectivity index (χ1v) is 3.85. The zero-order valence-electron chi connectivity index (χ0n) is 6.65. The molecule has 1 rings (SSSR count). The molecular formula is C9H16. The molecule has 0 unspecified atom stereocenters. The molecule has 1 aliphatic rings. The van der Waals surface area contributed by atoms with Gasteiger partial charge in [0.05, 0.1) is 0 Å². The van der Waals surface area contributed by atoms with Crippen molar-refractivity contribution < 1.29 is 0 Å². The highest BCUT2D eigenvalue weighted by molar-refractivity contribution is 5.09. The van der Waals surface area contributed by atoms with E-state index in [2.05, 4.69) is 32.9 Å². The van der Waals surface area contributed by atoms with Gasteiger partial charge in [-0.2, -0.15) is 0 Å². The first-order valence-electron chi connectivity index (χ1n) is 3.85. The molecule has 0 bridgehead atoms. The zero-order chi connectivity index (χ0) is 6.91. The Morgan fingerprint density at radius 3 is 2.00 bits per heavy atom. The van der Waals surface area contributed by atoms with Gasteiger partial charge in [-0.05, 0) is 31.1 Å². The predicted octanol–water partition coefficient (Wildman–Crippen LogP) is 3.00. The third-order valence-corrected chi connectivity index (χ3v) is 2.48. The Balaban J connectivity index is 2.52. The van der Waals surface area contributed by atoms with Crippen LogP contribution in [0.2, 0.25) is 0 Å². The van der Waals surface area contributed by atoms with Crippen molar-refractivity contribution in [1.82, 2.24) is 0 Å². The summed E-state index contributed by atoms with van der Waals surface area (Å²) in [5.74, 6) is 0.841. The molecule has 0 radical (unpaired) electrons. The van der Waals surface area contributed by atoms with Gasteiger partial charge in [-0.3, -0.25) is 0 Å². The van der Waals surface area contributed by atoms with Gasteiger partial charge < -0.3 is 0 Å². The van der Waals surface area contributed by atoms with E-state index in [0.29, 0.717) is 5.41 Å². The first-order chi connectivity index (χ1) is 4.21. The van der Waals surface area contributed by atoms with E-state index in [-0.39, 0.29) is 0 Å². The topological polar surface area (TPSA) is 0 Å². The van der Waals surface area contributed by atoms with E-state index in [1.165, 1.54) is 12.8 Å². The summed E-state index contributed by atoms with van der Waals surface area (Å²) in [6.07, 6.45) is 7.38. The lowest BCUT2D eigenvalue weighted by Crippen LogP contribution is -2.04. The highest BCUT2D eigenvalue weighted by Crippen LogP contribution is 2.52. The lowest BCUT2D eigenvalue weighted by Gasteiger charge is -2.13. The first kappa shape index (κ1) is 6.85. The van der Waals surface area contributed by atoms with Crippen LogP contribution in [0.15, 0.2) is 12.2 Å². The van der Waals surface area contributed by atoms with Crippen molar-refractivity contribution in [1.29, 1.82) is 0 Å². The van der Waals surface area contributed by atoms with Gasteiger partial charge in [0.25, 0.3) is 0 Å². The van der Waals surface area contributed by atoms with Crippen molar-refractivity contribution in [3.8, 4) is 0 Å². The van der Waals surface area contributed by atoms with Gasteiger partial charge in [-0.1, -0.05) is 26.0 Å². The Hall–Kier alpha value is -0.260. The van der Waals surface area contributed by atoms with E-state index in [1.54, 1.807) is 0 Å². The smallest absolute Gasteiger partial charge is 0.00947 e. The summed E-state index contributed by atoms with van der Waals surface area (Å²) in [7, 11) is 0. The maximum atomic E-state index is 2.37. The molecule has 0 aliphatic heterocycles. The number of hydrogen-bond donors (Lipinski definition) is 0. The third kappa shape index (κ3) is 1.17. The molecule has 1 saturated carbocycles. The normalized spacial score (nSPS) is 23.6. The molecule has 0 saturated heterocycles. The Morgan fingerprint density at radius 2 is 1.89 bits per heavy atom. The quantitative estimate of drug-likeness (QED) is 0.496. The van der Waals surface area contributed by atoms with Crippen molar-refractivity contribution in [2.24, 2.45) is 11.3 Å². The zero-order valence-corrected chi connectivity index (χ0v) is 6.65. The molecule has 0 aromatic heterocycles. The third-order valence-electron chi connectivity index (χ3n) is 2.48. The molecule has 0 aromatic carbocycles. The van der Waals surface area contributed by atoms with Crippen LogP contribution in [0.1, 0.15) is 33.6 Å².